The van der Waals surface area contributed by atoms with E-state index in [1.54, 1.807) is 6.20 Å². The summed E-state index contributed by atoms with van der Waals surface area (Å²) in [6, 6.07) is 35.9. The lowest BCUT2D eigenvalue weighted by atomic mass is 9.64. The molecule has 1 aliphatic carbocycles. The van der Waals surface area contributed by atoms with Gasteiger partial charge >= 0.3 is 6.09 Å². The van der Waals surface area contributed by atoms with Crippen molar-refractivity contribution in [2.75, 3.05) is 13.1 Å². The van der Waals surface area contributed by atoms with E-state index < -0.39 is 18.0 Å². The fourth-order valence-corrected chi connectivity index (χ4v) is 6.26. The van der Waals surface area contributed by atoms with Gasteiger partial charge in [-0.3, -0.25) is 9.59 Å². The van der Waals surface area contributed by atoms with Gasteiger partial charge in [0.05, 0.1) is 18.6 Å². The SMILES string of the molecule is O=C(CN(Cc1ccc(OCc2ccccc2)cc1)C(=O)[C@H](Cc1c[nH]cn1)NC(=O)OCc1ccccc1)NCC1(c2ccccc2)CCC1. The van der Waals surface area contributed by atoms with Crippen molar-refractivity contribution in [3.05, 3.63) is 156 Å². The predicted octanol–water partition coefficient (Wildman–Crippen LogP) is 6.09. The van der Waals surface area contributed by atoms with Crippen molar-refractivity contribution in [3.63, 3.8) is 0 Å². The monoisotopic (exact) mass is 685 g/mol. The van der Waals surface area contributed by atoms with Gasteiger partial charge in [-0.05, 0) is 47.2 Å². The summed E-state index contributed by atoms with van der Waals surface area (Å²) < 4.78 is 11.4. The number of alkyl carbamates (subject to hydrolysis) is 1. The Morgan fingerprint density at radius 2 is 1.45 bits per heavy atom. The van der Waals surface area contributed by atoms with Gasteiger partial charge in [0, 0.05) is 31.1 Å². The minimum absolute atomic E-state index is 0.0456. The van der Waals surface area contributed by atoms with Crippen LogP contribution in [0.25, 0.3) is 0 Å². The van der Waals surface area contributed by atoms with Crippen molar-refractivity contribution < 1.29 is 23.9 Å². The number of imidazole rings is 1. The molecule has 10 nitrogen and oxygen atoms in total. The van der Waals surface area contributed by atoms with E-state index in [9.17, 15) is 14.4 Å². The molecule has 0 aliphatic heterocycles. The number of H-pyrrole nitrogens is 1. The molecule has 1 aliphatic rings. The molecule has 51 heavy (non-hydrogen) atoms. The van der Waals surface area contributed by atoms with Gasteiger partial charge in [-0.15, -0.1) is 0 Å². The lowest BCUT2D eigenvalue weighted by Gasteiger charge is -2.42. The van der Waals surface area contributed by atoms with Crippen molar-refractivity contribution in [1.29, 1.82) is 0 Å². The highest BCUT2D eigenvalue weighted by Gasteiger charge is 2.39. The second kappa shape index (κ2) is 17.2. The first kappa shape index (κ1) is 34.9. The number of carbonyl (C=O) groups excluding carboxylic acids is 3. The van der Waals surface area contributed by atoms with Crippen LogP contribution in [-0.4, -0.2) is 51.9 Å². The van der Waals surface area contributed by atoms with Crippen molar-refractivity contribution in [1.82, 2.24) is 25.5 Å². The maximum absolute atomic E-state index is 14.3. The average Bonchev–Trinajstić information content (AvgIpc) is 3.67. The van der Waals surface area contributed by atoms with Gasteiger partial charge in [-0.2, -0.15) is 0 Å². The Morgan fingerprint density at radius 1 is 0.804 bits per heavy atom. The molecule has 1 saturated carbocycles. The third-order valence-electron chi connectivity index (χ3n) is 9.28. The third-order valence-corrected chi connectivity index (χ3v) is 9.28. The smallest absolute Gasteiger partial charge is 0.408 e. The zero-order valence-electron chi connectivity index (χ0n) is 28.5. The molecule has 0 radical (unpaired) electrons. The summed E-state index contributed by atoms with van der Waals surface area (Å²) in [4.78, 5) is 49.6. The van der Waals surface area contributed by atoms with Gasteiger partial charge in [-0.1, -0.05) is 110 Å². The zero-order chi connectivity index (χ0) is 35.3. The number of nitrogens with one attached hydrogen (secondary N) is 3. The molecule has 0 saturated heterocycles. The van der Waals surface area contributed by atoms with Gasteiger partial charge in [0.2, 0.25) is 11.8 Å². The first-order valence-corrected chi connectivity index (χ1v) is 17.3. The fraction of sp³-hybridized carbons (Fsp3) is 0.268. The summed E-state index contributed by atoms with van der Waals surface area (Å²) >= 11 is 0. The molecule has 0 unspecified atom stereocenters. The standard InChI is InChI=1S/C41H43N5O5/c47-38(43-29-41(21-10-22-41)34-15-8-3-9-16-34)26-46(25-31-17-19-36(20-18-31)50-27-32-11-4-1-5-12-32)39(48)37(23-35-24-42-30-44-35)45-40(49)51-28-33-13-6-2-7-14-33/h1-9,11-20,24,30,37H,10,21-23,25-29H2,(H,42,44)(H,43,47)(H,45,49)/t37-/m0/s1. The number of ether oxygens (including phenoxy) is 2. The number of carbonyl (C=O) groups is 3. The molecule has 1 fully saturated rings. The van der Waals surface area contributed by atoms with Crippen molar-refractivity contribution in [3.8, 4) is 5.75 Å². The Kier molecular flexibility index (Phi) is 11.8. The van der Waals surface area contributed by atoms with E-state index in [1.807, 2.05) is 103 Å². The highest BCUT2D eigenvalue weighted by molar-refractivity contribution is 5.89. The van der Waals surface area contributed by atoms with E-state index in [0.29, 0.717) is 24.6 Å². The third kappa shape index (κ3) is 9.85. The van der Waals surface area contributed by atoms with Crippen LogP contribution < -0.4 is 15.4 Å². The molecule has 1 atom stereocenters. The van der Waals surface area contributed by atoms with Gasteiger partial charge in [0.15, 0.2) is 0 Å². The van der Waals surface area contributed by atoms with Crippen molar-refractivity contribution >= 4 is 17.9 Å². The van der Waals surface area contributed by atoms with Crippen LogP contribution >= 0.6 is 0 Å². The van der Waals surface area contributed by atoms with Crippen LogP contribution in [0.1, 0.15) is 47.2 Å². The van der Waals surface area contributed by atoms with E-state index in [4.69, 9.17) is 9.47 Å². The normalized spacial score (nSPS) is 13.6. The van der Waals surface area contributed by atoms with Crippen LogP contribution in [-0.2, 0) is 45.9 Å². The van der Waals surface area contributed by atoms with Gasteiger partial charge in [-0.25, -0.2) is 9.78 Å². The number of benzene rings is 4. The second-order valence-electron chi connectivity index (χ2n) is 12.9. The van der Waals surface area contributed by atoms with Gasteiger partial charge in [0.25, 0.3) is 0 Å². The van der Waals surface area contributed by atoms with Crippen LogP contribution in [0.15, 0.2) is 128 Å². The first-order chi connectivity index (χ1) is 25.0. The maximum Gasteiger partial charge on any atom is 0.408 e. The second-order valence-corrected chi connectivity index (χ2v) is 12.9. The van der Waals surface area contributed by atoms with Crippen molar-refractivity contribution in [2.45, 2.75) is 56.9 Å². The lowest BCUT2D eigenvalue weighted by Crippen LogP contribution is -2.53. The number of hydrogen-bond donors (Lipinski definition) is 3. The highest BCUT2D eigenvalue weighted by Crippen LogP contribution is 2.43. The fourth-order valence-electron chi connectivity index (χ4n) is 6.26. The molecular formula is C41H43N5O5. The Labute approximate surface area is 298 Å². The molecule has 0 spiro atoms. The Balaban J connectivity index is 1.17. The molecule has 10 heteroatoms. The van der Waals surface area contributed by atoms with Crippen LogP contribution in [0.3, 0.4) is 0 Å². The van der Waals surface area contributed by atoms with E-state index >= 15 is 0 Å². The molecule has 5 aromatic rings. The average molecular weight is 686 g/mol. The molecule has 1 aromatic heterocycles. The Bertz CT molecular complexity index is 1830. The topological polar surface area (TPSA) is 126 Å². The molecule has 1 heterocycles. The van der Waals surface area contributed by atoms with Gasteiger partial charge in [0.1, 0.15) is 25.0 Å². The number of rotatable bonds is 16. The van der Waals surface area contributed by atoms with Crippen molar-refractivity contribution in [2.24, 2.45) is 0 Å². The summed E-state index contributed by atoms with van der Waals surface area (Å²) in [6.45, 7) is 0.882. The molecule has 0 bridgehead atoms. The largest absolute Gasteiger partial charge is 0.489 e. The number of hydrogen-bond acceptors (Lipinski definition) is 6. The molecule has 6 rings (SSSR count). The predicted molar refractivity (Wildman–Crippen MR) is 193 cm³/mol. The molecule has 3 N–H and O–H groups in total. The number of nitrogens with zero attached hydrogens (tertiary/aromatic N) is 2. The molecular weight excluding hydrogens is 642 g/mol. The van der Waals surface area contributed by atoms with Crippen LogP contribution in [0.2, 0.25) is 0 Å². The highest BCUT2D eigenvalue weighted by atomic mass is 16.5. The zero-order valence-corrected chi connectivity index (χ0v) is 28.5. The minimum Gasteiger partial charge on any atom is -0.489 e. The van der Waals surface area contributed by atoms with Crippen LogP contribution in [0.5, 0.6) is 5.75 Å². The maximum atomic E-state index is 14.3. The van der Waals surface area contributed by atoms with E-state index in [0.717, 1.165) is 36.0 Å². The Morgan fingerprint density at radius 3 is 2.06 bits per heavy atom. The van der Waals surface area contributed by atoms with Crippen LogP contribution in [0, 0.1) is 0 Å². The molecule has 3 amide bonds. The first-order valence-electron chi connectivity index (χ1n) is 17.3. The van der Waals surface area contributed by atoms with E-state index in [1.165, 1.54) is 16.8 Å². The Hall–Kier alpha value is -5.90. The summed E-state index contributed by atoms with van der Waals surface area (Å²) in [5.41, 5.74) is 4.34. The summed E-state index contributed by atoms with van der Waals surface area (Å²) in [5.74, 6) is -0.0293. The quantitative estimate of drug-likeness (QED) is 0.115. The summed E-state index contributed by atoms with van der Waals surface area (Å²) in [5, 5.41) is 5.86. The van der Waals surface area contributed by atoms with E-state index in [2.05, 4.69) is 32.7 Å². The molecule has 4 aromatic carbocycles. The van der Waals surface area contributed by atoms with Gasteiger partial charge < -0.3 is 30.0 Å². The van der Waals surface area contributed by atoms with E-state index in [-0.39, 0.29) is 37.4 Å². The number of aromatic nitrogens is 2. The minimum atomic E-state index is -1.04. The van der Waals surface area contributed by atoms with Crippen LogP contribution in [0.4, 0.5) is 4.79 Å². The number of amides is 3. The lowest BCUT2D eigenvalue weighted by molar-refractivity contribution is -0.138. The number of aromatic amines is 1. The summed E-state index contributed by atoms with van der Waals surface area (Å²) in [7, 11) is 0. The molecule has 262 valence electrons. The summed E-state index contributed by atoms with van der Waals surface area (Å²) in [6.07, 6.45) is 5.61.